The van der Waals surface area contributed by atoms with Crippen molar-refractivity contribution in [3.8, 4) is 0 Å². The lowest BCUT2D eigenvalue weighted by Crippen LogP contribution is -2.74. The molecule has 0 aliphatic carbocycles. The first-order valence-corrected chi connectivity index (χ1v) is 9.00. The van der Waals surface area contributed by atoms with Crippen LogP contribution in [0, 0.1) is 0 Å². The monoisotopic (exact) mass is 526 g/mol. The van der Waals surface area contributed by atoms with Crippen molar-refractivity contribution in [3.63, 3.8) is 0 Å². The van der Waals surface area contributed by atoms with Crippen molar-refractivity contribution >= 4 is 0 Å². The molecular weight excluding hydrogens is 508 g/mol. The normalized spacial score (nSPS) is 15.7. The summed E-state index contributed by atoms with van der Waals surface area (Å²) in [5, 5.41) is 0. The van der Waals surface area contributed by atoms with E-state index in [1.165, 1.54) is 6.92 Å². The fraction of sp³-hybridized carbons (Fsp3) is 0.882. The zero-order valence-electron chi connectivity index (χ0n) is 16.6. The molecule has 0 radical (unpaired) electrons. The summed E-state index contributed by atoms with van der Waals surface area (Å²) in [5.74, 6) is -60.4. The highest BCUT2D eigenvalue weighted by Gasteiger charge is 2.94. The van der Waals surface area contributed by atoms with Crippen LogP contribution in [-0.4, -0.2) is 47.4 Å². The lowest BCUT2D eigenvalue weighted by Gasteiger charge is -2.43. The molecule has 0 nitrogen and oxygen atoms in total. The molecule has 0 heterocycles. The fourth-order valence-corrected chi connectivity index (χ4v) is 2.49. The summed E-state index contributed by atoms with van der Waals surface area (Å²) in [6.45, 7) is 3.87. The van der Waals surface area contributed by atoms with Crippen LogP contribution in [-0.2, 0) is 0 Å². The number of allylic oxidation sites excluding steroid dienone is 1. The van der Waals surface area contributed by atoms with E-state index in [1.54, 1.807) is 0 Å². The molecule has 0 unspecified atom stereocenters. The van der Waals surface area contributed by atoms with Crippen LogP contribution in [0.3, 0.4) is 0 Å². The first-order valence-electron chi connectivity index (χ1n) is 9.00. The Bertz CT molecular complexity index is 664. The van der Waals surface area contributed by atoms with E-state index in [-0.39, 0.29) is 18.9 Å². The number of rotatable bonds is 14. The Kier molecular flexibility index (Phi) is 8.95. The predicted molar refractivity (Wildman–Crippen MR) is 83.1 cm³/mol. The zero-order chi connectivity index (χ0) is 26.9. The highest BCUT2D eigenvalue weighted by molar-refractivity contribution is 5.16. The van der Waals surface area contributed by atoms with Gasteiger partial charge in [0.2, 0.25) is 0 Å². The molecule has 0 aliphatic rings. The quantitative estimate of drug-likeness (QED) is 0.121. The van der Waals surface area contributed by atoms with Crippen LogP contribution in [0.2, 0.25) is 0 Å². The van der Waals surface area contributed by atoms with Crippen molar-refractivity contribution in [2.45, 2.75) is 92.8 Å². The molecule has 0 aliphatic heterocycles. The lowest BCUT2D eigenvalue weighted by molar-refractivity contribution is -0.453. The molecule has 0 N–H and O–H groups in total. The minimum Gasteiger partial charge on any atom is -0.200 e. The average Bonchev–Trinajstić information content (AvgIpc) is 2.64. The van der Waals surface area contributed by atoms with Crippen molar-refractivity contribution < 1.29 is 70.2 Å². The maximum atomic E-state index is 13.7. The number of unbranched alkanes of at least 4 members (excludes halogenated alkanes) is 3. The largest absolute Gasteiger partial charge is 0.384 e. The molecule has 0 aromatic heterocycles. The predicted octanol–water partition coefficient (Wildman–Crippen LogP) is 8.62. The van der Waals surface area contributed by atoms with Gasteiger partial charge in [-0.25, -0.2) is 0 Å². The number of halogens is 16. The van der Waals surface area contributed by atoms with Gasteiger partial charge >= 0.3 is 47.4 Å². The number of hydrogen-bond acceptors (Lipinski definition) is 0. The van der Waals surface area contributed by atoms with E-state index in [1.807, 2.05) is 0 Å². The molecule has 0 amide bonds. The van der Waals surface area contributed by atoms with Gasteiger partial charge in [0.25, 0.3) is 0 Å². The first-order chi connectivity index (χ1) is 14.4. The smallest absolute Gasteiger partial charge is 0.200 e. The third-order valence-corrected chi connectivity index (χ3v) is 4.64. The third kappa shape index (κ3) is 4.76. The molecule has 198 valence electrons. The molecule has 0 aromatic carbocycles. The van der Waals surface area contributed by atoms with E-state index in [0.717, 1.165) is 0 Å². The van der Waals surface area contributed by atoms with Gasteiger partial charge < -0.3 is 0 Å². The second kappa shape index (κ2) is 9.34. The van der Waals surface area contributed by atoms with Crippen molar-refractivity contribution in [1.82, 2.24) is 0 Å². The molecule has 16 heteroatoms. The third-order valence-electron chi connectivity index (χ3n) is 4.64. The van der Waals surface area contributed by atoms with Crippen LogP contribution in [0.25, 0.3) is 0 Å². The topological polar surface area (TPSA) is 0 Å². The van der Waals surface area contributed by atoms with Crippen LogP contribution < -0.4 is 0 Å². The molecule has 0 saturated heterocycles. The number of hydrogen-bond donors (Lipinski definition) is 0. The van der Waals surface area contributed by atoms with Gasteiger partial charge in [0.1, 0.15) is 0 Å². The summed E-state index contributed by atoms with van der Waals surface area (Å²) in [6.07, 6.45) is -6.07. The van der Waals surface area contributed by atoms with Gasteiger partial charge in [-0.2, -0.15) is 70.2 Å². The zero-order valence-corrected chi connectivity index (χ0v) is 16.6. The molecule has 33 heavy (non-hydrogen) atoms. The lowest BCUT2D eigenvalue weighted by atomic mass is 9.86. The Morgan fingerprint density at radius 2 is 0.818 bits per heavy atom. The second-order valence-corrected chi connectivity index (χ2v) is 7.16. The Labute approximate surface area is 177 Å². The highest BCUT2D eigenvalue weighted by atomic mass is 19.4. The van der Waals surface area contributed by atoms with E-state index in [4.69, 9.17) is 0 Å². The summed E-state index contributed by atoms with van der Waals surface area (Å²) in [5.41, 5.74) is 0. The Morgan fingerprint density at radius 1 is 0.485 bits per heavy atom. The summed E-state index contributed by atoms with van der Waals surface area (Å²) in [4.78, 5) is 0. The van der Waals surface area contributed by atoms with E-state index in [9.17, 15) is 70.2 Å². The van der Waals surface area contributed by atoms with Gasteiger partial charge in [-0.3, -0.25) is 0 Å². The second-order valence-electron chi connectivity index (χ2n) is 7.16. The summed E-state index contributed by atoms with van der Waals surface area (Å²) in [7, 11) is 0. The minimum atomic E-state index is -8.36. The highest BCUT2D eigenvalue weighted by Crippen LogP contribution is 2.64. The van der Waals surface area contributed by atoms with E-state index < -0.39 is 66.6 Å². The van der Waals surface area contributed by atoms with Gasteiger partial charge in [0, 0.05) is 12.8 Å². The van der Waals surface area contributed by atoms with Gasteiger partial charge in [0.15, 0.2) is 0 Å². The molecule has 0 bridgehead atoms. The van der Waals surface area contributed by atoms with Gasteiger partial charge in [-0.15, -0.1) is 6.58 Å². The molecule has 0 spiro atoms. The maximum absolute atomic E-state index is 13.7. The fourth-order valence-electron chi connectivity index (χ4n) is 2.49. The molecule has 0 atom stereocenters. The Morgan fingerprint density at radius 3 is 1.15 bits per heavy atom. The van der Waals surface area contributed by atoms with Crippen LogP contribution >= 0.6 is 0 Å². The summed E-state index contributed by atoms with van der Waals surface area (Å²) in [6, 6.07) is 0. The van der Waals surface area contributed by atoms with Crippen LogP contribution in [0.1, 0.15) is 45.4 Å². The first kappa shape index (κ1) is 31.6. The molecule has 0 fully saturated rings. The van der Waals surface area contributed by atoms with Crippen LogP contribution in [0.15, 0.2) is 12.7 Å². The Balaban J connectivity index is 6.47. The van der Waals surface area contributed by atoms with Gasteiger partial charge in [-0.05, 0) is 6.42 Å². The molecule has 0 aromatic rings. The SMILES string of the molecule is C=CCC(F)(F)C(F)(F)C(F)(F)C(F)(F)C(F)(F)C(F)(F)C(F)(F)C(F)(F)CCCCCC. The van der Waals surface area contributed by atoms with E-state index >= 15 is 0 Å². The molecular formula is C17H18F16. The van der Waals surface area contributed by atoms with Crippen molar-refractivity contribution in [2.24, 2.45) is 0 Å². The van der Waals surface area contributed by atoms with Crippen LogP contribution in [0.5, 0.6) is 0 Å². The van der Waals surface area contributed by atoms with Crippen molar-refractivity contribution in [3.05, 3.63) is 12.7 Å². The summed E-state index contributed by atoms with van der Waals surface area (Å²) >= 11 is 0. The van der Waals surface area contributed by atoms with Gasteiger partial charge in [0.05, 0.1) is 0 Å². The molecule has 0 saturated carbocycles. The standard InChI is InChI=1S/C17H18F16/c1-3-5-6-7-9-11(20,21)13(24,25)15(28,29)17(32,33)16(30,31)14(26,27)12(22,23)10(18,19)8-4-2/h4H,2-3,5-9H2,1H3. The van der Waals surface area contributed by atoms with Gasteiger partial charge in [-0.1, -0.05) is 32.3 Å². The van der Waals surface area contributed by atoms with Crippen LogP contribution in [0.4, 0.5) is 70.2 Å². The average molecular weight is 526 g/mol. The van der Waals surface area contributed by atoms with E-state index in [0.29, 0.717) is 6.42 Å². The Hall–Kier alpha value is -1.38. The molecule has 0 rings (SSSR count). The van der Waals surface area contributed by atoms with Crippen molar-refractivity contribution in [1.29, 1.82) is 0 Å². The number of alkyl halides is 16. The maximum Gasteiger partial charge on any atom is 0.384 e. The van der Waals surface area contributed by atoms with Crippen molar-refractivity contribution in [2.75, 3.05) is 0 Å². The minimum absolute atomic E-state index is 0.0759. The van der Waals surface area contributed by atoms with E-state index in [2.05, 4.69) is 6.58 Å². The summed E-state index contributed by atoms with van der Waals surface area (Å²) < 4.78 is 217.